The van der Waals surface area contributed by atoms with E-state index in [0.29, 0.717) is 5.69 Å². The zero-order valence-corrected chi connectivity index (χ0v) is 11.2. The Labute approximate surface area is 120 Å². The van der Waals surface area contributed by atoms with Crippen LogP contribution in [0.4, 0.5) is 15.3 Å². The number of carbonyl (C=O) groups is 3. The molecule has 0 aromatic heterocycles. The van der Waals surface area contributed by atoms with E-state index in [9.17, 15) is 14.4 Å². The zero-order chi connectivity index (χ0) is 15.6. The van der Waals surface area contributed by atoms with Gasteiger partial charge in [-0.15, -0.1) is 0 Å². The van der Waals surface area contributed by atoms with Gasteiger partial charge in [0.25, 0.3) is 0 Å². The number of nitrogens with two attached hydrogens (primary N) is 2. The summed E-state index contributed by atoms with van der Waals surface area (Å²) in [5.74, 6) is -0.453. The minimum Gasteiger partial charge on any atom is -0.373 e. The SMILES string of the molecule is CN1CC(=O)N(c2ccccc2)C1(OC(N)=O)OC(N)=O. The van der Waals surface area contributed by atoms with Crippen molar-refractivity contribution < 1.29 is 23.9 Å². The van der Waals surface area contributed by atoms with Gasteiger partial charge in [-0.2, -0.15) is 0 Å². The second-order valence-corrected chi connectivity index (χ2v) is 4.31. The zero-order valence-electron chi connectivity index (χ0n) is 11.2. The third kappa shape index (κ3) is 2.58. The molecule has 0 bridgehead atoms. The molecule has 3 amide bonds. The van der Waals surface area contributed by atoms with Crippen LogP contribution >= 0.6 is 0 Å². The molecule has 9 nitrogen and oxygen atoms in total. The van der Waals surface area contributed by atoms with Gasteiger partial charge in [0, 0.05) is 0 Å². The van der Waals surface area contributed by atoms with Crippen molar-refractivity contribution in [1.29, 1.82) is 0 Å². The topological polar surface area (TPSA) is 128 Å². The Kier molecular flexibility index (Phi) is 3.68. The summed E-state index contributed by atoms with van der Waals surface area (Å²) >= 11 is 0. The maximum absolute atomic E-state index is 12.2. The van der Waals surface area contributed by atoms with E-state index in [-0.39, 0.29) is 6.54 Å². The minimum absolute atomic E-state index is 0.157. The van der Waals surface area contributed by atoms with Gasteiger partial charge < -0.3 is 20.9 Å². The summed E-state index contributed by atoms with van der Waals surface area (Å²) in [6, 6.07) is 6.09. The highest BCUT2D eigenvalue weighted by atomic mass is 16.8. The lowest BCUT2D eigenvalue weighted by atomic mass is 10.3. The smallest absolute Gasteiger partial charge is 0.373 e. The molecule has 0 unspecified atom stereocenters. The van der Waals surface area contributed by atoms with Crippen LogP contribution in [-0.4, -0.2) is 42.6 Å². The molecule has 112 valence electrons. The van der Waals surface area contributed by atoms with E-state index in [1.165, 1.54) is 11.9 Å². The van der Waals surface area contributed by atoms with Crippen LogP contribution in [0.2, 0.25) is 0 Å². The van der Waals surface area contributed by atoms with Gasteiger partial charge in [-0.25, -0.2) is 19.4 Å². The number of hydrogen-bond acceptors (Lipinski definition) is 6. The highest BCUT2D eigenvalue weighted by molar-refractivity contribution is 5.98. The molecule has 1 fully saturated rings. The minimum atomic E-state index is -2.14. The lowest BCUT2D eigenvalue weighted by Gasteiger charge is -2.37. The number of primary amides is 2. The average Bonchev–Trinajstić information content (AvgIpc) is 2.60. The van der Waals surface area contributed by atoms with Gasteiger partial charge in [0.15, 0.2) is 0 Å². The molecule has 0 saturated carbocycles. The predicted molar refractivity (Wildman–Crippen MR) is 70.6 cm³/mol. The third-order valence-electron chi connectivity index (χ3n) is 2.87. The molecular weight excluding hydrogens is 280 g/mol. The molecule has 1 aromatic carbocycles. The molecule has 0 atom stereocenters. The molecule has 0 spiro atoms. The fourth-order valence-electron chi connectivity index (χ4n) is 2.12. The van der Waals surface area contributed by atoms with Crippen molar-refractivity contribution in [2.24, 2.45) is 11.5 Å². The normalized spacial score (nSPS) is 17.6. The summed E-state index contributed by atoms with van der Waals surface area (Å²) in [7, 11) is 1.42. The number of benzene rings is 1. The highest BCUT2D eigenvalue weighted by Gasteiger charge is 2.58. The van der Waals surface area contributed by atoms with E-state index in [1.54, 1.807) is 30.3 Å². The summed E-state index contributed by atoms with van der Waals surface area (Å²) in [6.45, 7) is -0.157. The first-order valence-corrected chi connectivity index (χ1v) is 5.93. The van der Waals surface area contributed by atoms with Crippen LogP contribution in [0.3, 0.4) is 0 Å². The Balaban J connectivity index is 2.53. The van der Waals surface area contributed by atoms with Crippen molar-refractivity contribution in [2.75, 3.05) is 18.5 Å². The molecule has 4 N–H and O–H groups in total. The van der Waals surface area contributed by atoms with Crippen LogP contribution in [0.15, 0.2) is 30.3 Å². The molecule has 1 heterocycles. The first kappa shape index (κ1) is 14.6. The van der Waals surface area contributed by atoms with Crippen LogP contribution in [0.1, 0.15) is 0 Å². The Morgan fingerprint density at radius 3 is 2.14 bits per heavy atom. The maximum Gasteiger partial charge on any atom is 0.424 e. The second-order valence-electron chi connectivity index (χ2n) is 4.31. The van der Waals surface area contributed by atoms with Crippen molar-refractivity contribution in [3.05, 3.63) is 30.3 Å². The van der Waals surface area contributed by atoms with E-state index in [2.05, 4.69) is 0 Å². The molecule has 9 heteroatoms. The van der Waals surface area contributed by atoms with Crippen molar-refractivity contribution in [3.8, 4) is 0 Å². The van der Waals surface area contributed by atoms with Gasteiger partial charge in [0.1, 0.15) is 0 Å². The largest absolute Gasteiger partial charge is 0.424 e. The maximum atomic E-state index is 12.2. The summed E-state index contributed by atoms with van der Waals surface area (Å²) in [6.07, 6.45) is -2.45. The standard InChI is InChI=1S/C12H14N4O5/c1-15-7-9(17)16(8-5-3-2-4-6-8)12(15,20-10(13)18)21-11(14)19/h2-6H,7H2,1H3,(H2,13,18)(H2,14,19). The van der Waals surface area contributed by atoms with E-state index < -0.39 is 24.1 Å². The fraction of sp³-hybridized carbons (Fsp3) is 0.250. The van der Waals surface area contributed by atoms with Gasteiger partial charge in [0.05, 0.1) is 12.2 Å². The van der Waals surface area contributed by atoms with Crippen molar-refractivity contribution in [1.82, 2.24) is 4.90 Å². The molecule has 0 aliphatic carbocycles. The average molecular weight is 294 g/mol. The van der Waals surface area contributed by atoms with E-state index in [0.717, 1.165) is 4.90 Å². The number of anilines is 1. The van der Waals surface area contributed by atoms with Gasteiger partial charge in [-0.3, -0.25) is 4.79 Å². The molecule has 1 aromatic rings. The predicted octanol–water partition coefficient (Wildman–Crippen LogP) is -0.233. The first-order chi connectivity index (χ1) is 9.86. The molecule has 1 saturated heterocycles. The van der Waals surface area contributed by atoms with Crippen molar-refractivity contribution in [2.45, 2.75) is 6.03 Å². The lowest BCUT2D eigenvalue weighted by molar-refractivity contribution is -0.226. The third-order valence-corrected chi connectivity index (χ3v) is 2.87. The summed E-state index contributed by atoms with van der Waals surface area (Å²) in [4.78, 5) is 36.7. The second kappa shape index (κ2) is 5.29. The number of para-hydroxylation sites is 1. The van der Waals surface area contributed by atoms with Crippen LogP contribution in [-0.2, 0) is 14.3 Å². The summed E-state index contributed by atoms with van der Waals surface area (Å²) in [5.41, 5.74) is 10.4. The highest BCUT2D eigenvalue weighted by Crippen LogP contribution is 2.34. The Bertz CT molecular complexity index is 560. The van der Waals surface area contributed by atoms with E-state index in [1.807, 2.05) is 0 Å². The van der Waals surface area contributed by atoms with Crippen LogP contribution < -0.4 is 16.4 Å². The quantitative estimate of drug-likeness (QED) is 0.741. The number of nitrogens with zero attached hydrogens (tertiary/aromatic N) is 2. The molecular formula is C12H14N4O5. The van der Waals surface area contributed by atoms with Crippen LogP contribution in [0, 0.1) is 0 Å². The molecule has 0 radical (unpaired) electrons. The van der Waals surface area contributed by atoms with Crippen molar-refractivity contribution in [3.63, 3.8) is 0 Å². The Morgan fingerprint density at radius 1 is 1.14 bits per heavy atom. The number of likely N-dealkylation sites (N-methyl/N-ethyl adjacent to an activating group) is 1. The molecule has 1 aliphatic heterocycles. The van der Waals surface area contributed by atoms with Gasteiger partial charge in [-0.05, 0) is 19.2 Å². The fourth-order valence-corrected chi connectivity index (χ4v) is 2.12. The number of rotatable bonds is 3. The van der Waals surface area contributed by atoms with Gasteiger partial charge in [0.2, 0.25) is 5.91 Å². The van der Waals surface area contributed by atoms with Crippen LogP contribution in [0.25, 0.3) is 0 Å². The number of ether oxygens (including phenoxy) is 2. The number of carbonyl (C=O) groups excluding carboxylic acids is 3. The Hall–Kier alpha value is -2.81. The van der Waals surface area contributed by atoms with Gasteiger partial charge >= 0.3 is 18.2 Å². The number of hydrogen-bond donors (Lipinski definition) is 2. The Morgan fingerprint density at radius 2 is 1.67 bits per heavy atom. The van der Waals surface area contributed by atoms with E-state index >= 15 is 0 Å². The van der Waals surface area contributed by atoms with Gasteiger partial charge in [-0.1, -0.05) is 18.2 Å². The summed E-state index contributed by atoms with van der Waals surface area (Å²) < 4.78 is 9.81. The molecule has 1 aliphatic rings. The van der Waals surface area contributed by atoms with E-state index in [4.69, 9.17) is 20.9 Å². The lowest BCUT2D eigenvalue weighted by Crippen LogP contribution is -2.60. The molecule has 21 heavy (non-hydrogen) atoms. The monoisotopic (exact) mass is 294 g/mol. The summed E-state index contributed by atoms with van der Waals surface area (Å²) in [5, 5.41) is 0. The molecule has 2 rings (SSSR count). The number of amides is 3. The first-order valence-electron chi connectivity index (χ1n) is 5.93. The van der Waals surface area contributed by atoms with Crippen molar-refractivity contribution >= 4 is 23.8 Å². The van der Waals surface area contributed by atoms with Crippen LogP contribution in [0.5, 0.6) is 0 Å².